The van der Waals surface area contributed by atoms with Gasteiger partial charge in [0.25, 0.3) is 0 Å². The average molecular weight is 176 g/mol. The SMILES string of the molecule is [C-]#N.[CH3-].[Cl][Cu][Cl]. The Morgan fingerprint density at radius 2 is 1.33 bits per heavy atom. The van der Waals surface area contributed by atoms with E-state index in [4.69, 9.17) is 11.8 Å². The van der Waals surface area contributed by atoms with E-state index in [1.165, 1.54) is 0 Å². The van der Waals surface area contributed by atoms with E-state index in [9.17, 15) is 0 Å². The molecule has 1 nitrogen and oxygen atoms in total. The number of rotatable bonds is 0. The van der Waals surface area contributed by atoms with Crippen LogP contribution in [0.3, 0.4) is 0 Å². The fourth-order valence-corrected chi connectivity index (χ4v) is 0. The molecule has 0 aromatic rings. The van der Waals surface area contributed by atoms with Crippen LogP contribution in [0.25, 0.3) is 0 Å². The topological polar surface area (TPSA) is 23.8 Å². The summed E-state index contributed by atoms with van der Waals surface area (Å²) in [7, 11) is 9.34. The summed E-state index contributed by atoms with van der Waals surface area (Å²) in [4.78, 5) is 0. The van der Waals surface area contributed by atoms with E-state index >= 15 is 0 Å². The second-order valence-electron chi connectivity index (χ2n) is 0.0431. The van der Waals surface area contributed by atoms with Crippen LogP contribution in [-0.4, -0.2) is 0 Å². The number of hydrogen-bond donors (Lipinski definition) is 0. The molecule has 0 N–H and O–H groups in total. The molecule has 0 atom stereocenters. The Morgan fingerprint density at radius 3 is 1.33 bits per heavy atom. The molecule has 0 fully saturated rings. The molecule has 0 aromatic heterocycles. The molecule has 0 spiro atoms. The number of halogens is 2. The zero-order valence-corrected chi connectivity index (χ0v) is 5.46. The number of hydrogen-bond acceptors (Lipinski definition) is 1. The second kappa shape index (κ2) is 46.6. The molecule has 0 bridgehead atoms. The molecular formula is C2H3Cl2CuN-2. The first-order chi connectivity index (χ1) is 2.41. The van der Waals surface area contributed by atoms with Crippen molar-refractivity contribution in [1.82, 2.24) is 0 Å². The molecule has 0 amide bonds. The van der Waals surface area contributed by atoms with Crippen molar-refractivity contribution < 1.29 is 13.1 Å². The van der Waals surface area contributed by atoms with Gasteiger partial charge in [0.2, 0.25) is 0 Å². The van der Waals surface area contributed by atoms with Crippen LogP contribution in [0.15, 0.2) is 0 Å². The Hall–Kier alpha value is 0.589. The Kier molecular flexibility index (Phi) is 124. The molecule has 0 radical (unpaired) electrons. The van der Waals surface area contributed by atoms with Crippen LogP contribution in [0.5, 0.6) is 0 Å². The van der Waals surface area contributed by atoms with E-state index in [0.29, 0.717) is 0 Å². The van der Waals surface area contributed by atoms with Crippen molar-refractivity contribution in [2.24, 2.45) is 0 Å². The van der Waals surface area contributed by atoms with Crippen molar-refractivity contribution >= 4 is 20.2 Å². The van der Waals surface area contributed by atoms with Crippen molar-refractivity contribution in [2.45, 2.75) is 0 Å². The van der Waals surface area contributed by atoms with Crippen LogP contribution in [0.4, 0.5) is 0 Å². The van der Waals surface area contributed by atoms with Gasteiger partial charge in [0.15, 0.2) is 0 Å². The summed E-state index contributed by atoms with van der Waals surface area (Å²) >= 11 is 0.757. The summed E-state index contributed by atoms with van der Waals surface area (Å²) in [6.07, 6.45) is 0. The zero-order chi connectivity index (χ0) is 4.71. The molecule has 6 heavy (non-hydrogen) atoms. The van der Waals surface area contributed by atoms with Crippen LogP contribution in [0, 0.1) is 19.3 Å². The molecule has 0 heterocycles. The van der Waals surface area contributed by atoms with E-state index in [-0.39, 0.29) is 7.43 Å². The first-order valence-electron chi connectivity index (χ1n) is 0.452. The molecule has 0 saturated heterocycles. The summed E-state index contributed by atoms with van der Waals surface area (Å²) in [5.41, 5.74) is 0. The predicted molar refractivity (Wildman–Crippen MR) is 23.1 cm³/mol. The minimum atomic E-state index is 0. The van der Waals surface area contributed by atoms with Crippen molar-refractivity contribution in [3.8, 4) is 0 Å². The summed E-state index contributed by atoms with van der Waals surface area (Å²) in [6.45, 7) is 4.75. The van der Waals surface area contributed by atoms with Crippen molar-refractivity contribution in [3.05, 3.63) is 14.0 Å². The van der Waals surface area contributed by atoms with Gasteiger partial charge in [-0.15, -0.1) is 0 Å². The monoisotopic (exact) mass is 174 g/mol. The van der Waals surface area contributed by atoms with Crippen molar-refractivity contribution in [1.29, 1.82) is 5.26 Å². The van der Waals surface area contributed by atoms with Gasteiger partial charge in [0.05, 0.1) is 0 Å². The van der Waals surface area contributed by atoms with E-state index in [1.54, 1.807) is 0 Å². The van der Waals surface area contributed by atoms with Crippen molar-refractivity contribution in [3.63, 3.8) is 0 Å². The third-order valence-corrected chi connectivity index (χ3v) is 0. The van der Waals surface area contributed by atoms with Gasteiger partial charge >= 0.3 is 33.3 Å². The Labute approximate surface area is 52.9 Å². The maximum absolute atomic E-state index is 6.25. The van der Waals surface area contributed by atoms with Gasteiger partial charge in [-0.3, -0.25) is 0 Å². The fourth-order valence-electron chi connectivity index (χ4n) is 0. The summed E-state index contributed by atoms with van der Waals surface area (Å²) in [6, 6.07) is 0. The molecule has 0 saturated carbocycles. The van der Waals surface area contributed by atoms with Gasteiger partial charge in [-0.2, -0.15) is 0 Å². The summed E-state index contributed by atoms with van der Waals surface area (Å²) in [5, 5.41) is 6.25. The van der Waals surface area contributed by atoms with E-state index in [2.05, 4.69) is 20.2 Å². The van der Waals surface area contributed by atoms with Crippen LogP contribution >= 0.6 is 20.2 Å². The van der Waals surface area contributed by atoms with Gasteiger partial charge in [-0.1, -0.05) is 0 Å². The van der Waals surface area contributed by atoms with Gasteiger partial charge in [0, 0.05) is 0 Å². The van der Waals surface area contributed by atoms with Crippen LogP contribution in [0.1, 0.15) is 0 Å². The summed E-state index contributed by atoms with van der Waals surface area (Å²) in [5.74, 6) is 0. The summed E-state index contributed by atoms with van der Waals surface area (Å²) < 4.78 is 0. The molecule has 0 aromatic carbocycles. The van der Waals surface area contributed by atoms with E-state index in [1.807, 2.05) is 0 Å². The molecule has 43 valence electrons. The Balaban J connectivity index is -0.0000000275. The molecular weight excluding hydrogens is 172 g/mol. The van der Waals surface area contributed by atoms with Gasteiger partial charge in [0.1, 0.15) is 0 Å². The molecule has 0 aliphatic carbocycles. The average Bonchev–Trinajstić information content (AvgIpc) is 1.46. The standard InChI is InChI=1S/CN.CH3.2ClH.Cu/c1-2;;;;/h;1H3;2*1H;/q2*-1;;;+2/p-2. The van der Waals surface area contributed by atoms with Crippen LogP contribution < -0.4 is 0 Å². The van der Waals surface area contributed by atoms with E-state index in [0.717, 1.165) is 13.1 Å². The molecule has 4 heteroatoms. The maximum atomic E-state index is 6.25. The van der Waals surface area contributed by atoms with Crippen LogP contribution in [-0.2, 0) is 13.1 Å². The van der Waals surface area contributed by atoms with Gasteiger partial charge in [-0.05, 0) is 0 Å². The first kappa shape index (κ1) is 16.0. The first-order valence-corrected chi connectivity index (χ1v) is 3.04. The van der Waals surface area contributed by atoms with Gasteiger partial charge < -0.3 is 19.3 Å². The normalized spacial score (nSPS) is 4.00. The molecule has 0 aliphatic heterocycles. The third-order valence-electron chi connectivity index (χ3n) is 0. The van der Waals surface area contributed by atoms with E-state index < -0.39 is 0 Å². The minimum absolute atomic E-state index is 0. The second-order valence-corrected chi connectivity index (χ2v) is 1.60. The van der Waals surface area contributed by atoms with Crippen molar-refractivity contribution in [2.75, 3.05) is 0 Å². The van der Waals surface area contributed by atoms with Crippen LogP contribution in [0.2, 0.25) is 0 Å². The predicted octanol–water partition coefficient (Wildman–Crippen LogP) is 1.92. The van der Waals surface area contributed by atoms with Gasteiger partial charge in [-0.25, -0.2) is 0 Å². The number of nitrogens with zero attached hydrogens (tertiary/aromatic N) is 1. The third kappa shape index (κ3) is 170. The molecule has 0 rings (SSSR count). The fraction of sp³-hybridized carbons (Fsp3) is 0. The quantitative estimate of drug-likeness (QED) is 0.408. The molecule has 0 aliphatic rings. The zero-order valence-electron chi connectivity index (χ0n) is 3.00. The molecule has 0 unspecified atom stereocenters. The Morgan fingerprint density at radius 1 is 1.33 bits per heavy atom. The Bertz CT molecular complexity index is 22.8.